The van der Waals surface area contributed by atoms with Crippen LogP contribution in [0.2, 0.25) is 0 Å². The van der Waals surface area contributed by atoms with E-state index in [2.05, 4.69) is 50.0 Å². The maximum atomic E-state index is 3.45. The van der Waals surface area contributed by atoms with Gasteiger partial charge in [0.05, 0.1) is 0 Å². The van der Waals surface area contributed by atoms with Crippen molar-refractivity contribution in [3.63, 3.8) is 0 Å². The van der Waals surface area contributed by atoms with Crippen LogP contribution in [-0.4, -0.2) is 62.7 Å². The van der Waals surface area contributed by atoms with Gasteiger partial charge in [-0.1, -0.05) is 20.8 Å². The monoisotopic (exact) mass is 213 g/mol. The van der Waals surface area contributed by atoms with Crippen LogP contribution in [0.15, 0.2) is 0 Å². The van der Waals surface area contributed by atoms with E-state index < -0.39 is 0 Å². The molecule has 1 heterocycles. The Balaban J connectivity index is 2.39. The van der Waals surface area contributed by atoms with Crippen LogP contribution in [0.25, 0.3) is 0 Å². The largest absolute Gasteiger partial charge is 0.315 e. The van der Waals surface area contributed by atoms with Gasteiger partial charge in [0.2, 0.25) is 0 Å². The summed E-state index contributed by atoms with van der Waals surface area (Å²) >= 11 is 0. The second-order valence-corrected chi connectivity index (χ2v) is 5.81. The predicted octanol–water partition coefficient (Wildman–Crippen LogP) is 0.868. The predicted molar refractivity (Wildman–Crippen MR) is 66.2 cm³/mol. The number of hydrogen-bond acceptors (Lipinski definition) is 3. The molecular weight excluding hydrogens is 186 g/mol. The van der Waals surface area contributed by atoms with E-state index in [1.807, 2.05) is 0 Å². The van der Waals surface area contributed by atoms with E-state index >= 15 is 0 Å². The molecule has 0 saturated carbocycles. The van der Waals surface area contributed by atoms with Crippen LogP contribution in [0.3, 0.4) is 0 Å². The summed E-state index contributed by atoms with van der Waals surface area (Å²) in [6.07, 6.45) is 0. The molecule has 1 aliphatic heterocycles. The molecule has 1 unspecified atom stereocenters. The first-order valence-corrected chi connectivity index (χ1v) is 6.01. The molecule has 1 aliphatic rings. The Kier molecular flexibility index (Phi) is 4.56. The van der Waals surface area contributed by atoms with Crippen molar-refractivity contribution >= 4 is 0 Å². The smallest absolute Gasteiger partial charge is 0.0240 e. The fraction of sp³-hybridized carbons (Fsp3) is 1.00. The zero-order chi connectivity index (χ0) is 11.5. The SMILES string of the molecule is CNC(CN1CCN(C)CC1)C(C)(C)C. The molecule has 0 aromatic carbocycles. The topological polar surface area (TPSA) is 18.5 Å². The Labute approximate surface area is 94.8 Å². The third kappa shape index (κ3) is 4.09. The molecular formula is C12H27N3. The van der Waals surface area contributed by atoms with Gasteiger partial charge >= 0.3 is 0 Å². The van der Waals surface area contributed by atoms with Gasteiger partial charge in [-0.25, -0.2) is 0 Å². The van der Waals surface area contributed by atoms with Gasteiger partial charge in [0, 0.05) is 38.8 Å². The van der Waals surface area contributed by atoms with Crippen LogP contribution >= 0.6 is 0 Å². The Morgan fingerprint density at radius 3 is 2.07 bits per heavy atom. The van der Waals surface area contributed by atoms with Gasteiger partial charge in [0.1, 0.15) is 0 Å². The summed E-state index contributed by atoms with van der Waals surface area (Å²) in [6, 6.07) is 0.584. The molecule has 1 fully saturated rings. The zero-order valence-corrected chi connectivity index (χ0v) is 11.0. The van der Waals surface area contributed by atoms with E-state index in [1.54, 1.807) is 0 Å². The van der Waals surface area contributed by atoms with Crippen molar-refractivity contribution in [1.82, 2.24) is 15.1 Å². The van der Waals surface area contributed by atoms with E-state index in [1.165, 1.54) is 32.7 Å². The first-order valence-electron chi connectivity index (χ1n) is 6.01. The molecule has 1 saturated heterocycles. The molecule has 3 heteroatoms. The molecule has 1 N–H and O–H groups in total. The average Bonchev–Trinajstić information content (AvgIpc) is 2.15. The van der Waals surface area contributed by atoms with Crippen molar-refractivity contribution in [2.24, 2.45) is 5.41 Å². The highest BCUT2D eigenvalue weighted by Gasteiger charge is 2.26. The number of likely N-dealkylation sites (N-methyl/N-ethyl adjacent to an activating group) is 2. The molecule has 0 aliphatic carbocycles. The highest BCUT2D eigenvalue weighted by Crippen LogP contribution is 2.20. The first kappa shape index (κ1) is 12.9. The molecule has 90 valence electrons. The van der Waals surface area contributed by atoms with Crippen molar-refractivity contribution in [1.29, 1.82) is 0 Å². The van der Waals surface area contributed by atoms with Crippen molar-refractivity contribution in [3.05, 3.63) is 0 Å². The molecule has 1 rings (SSSR count). The lowest BCUT2D eigenvalue weighted by molar-refractivity contribution is 0.119. The number of piperazine rings is 1. The molecule has 15 heavy (non-hydrogen) atoms. The fourth-order valence-electron chi connectivity index (χ4n) is 2.09. The fourth-order valence-corrected chi connectivity index (χ4v) is 2.09. The molecule has 0 radical (unpaired) electrons. The van der Waals surface area contributed by atoms with Gasteiger partial charge < -0.3 is 10.2 Å². The Morgan fingerprint density at radius 2 is 1.67 bits per heavy atom. The summed E-state index contributed by atoms with van der Waals surface area (Å²) in [6.45, 7) is 12.9. The summed E-state index contributed by atoms with van der Waals surface area (Å²) < 4.78 is 0. The van der Waals surface area contributed by atoms with Gasteiger partial charge in [0.25, 0.3) is 0 Å². The molecule has 0 amide bonds. The maximum absolute atomic E-state index is 3.45. The second-order valence-electron chi connectivity index (χ2n) is 5.81. The van der Waals surface area contributed by atoms with Gasteiger partial charge in [-0.3, -0.25) is 4.90 Å². The van der Waals surface area contributed by atoms with Crippen LogP contribution in [-0.2, 0) is 0 Å². The molecule has 0 spiro atoms. The summed E-state index contributed by atoms with van der Waals surface area (Å²) in [4.78, 5) is 4.98. The van der Waals surface area contributed by atoms with Crippen LogP contribution < -0.4 is 5.32 Å². The van der Waals surface area contributed by atoms with Crippen molar-refractivity contribution in [2.45, 2.75) is 26.8 Å². The van der Waals surface area contributed by atoms with Crippen molar-refractivity contribution in [3.8, 4) is 0 Å². The van der Waals surface area contributed by atoms with Crippen LogP contribution in [0.1, 0.15) is 20.8 Å². The Hall–Kier alpha value is -0.120. The molecule has 0 aromatic rings. The van der Waals surface area contributed by atoms with E-state index in [0.717, 1.165) is 0 Å². The van der Waals surface area contributed by atoms with Crippen molar-refractivity contribution < 1.29 is 0 Å². The summed E-state index contributed by atoms with van der Waals surface area (Å²) in [5, 5.41) is 3.45. The van der Waals surface area contributed by atoms with Gasteiger partial charge in [-0.05, 0) is 19.5 Å². The lowest BCUT2D eigenvalue weighted by Gasteiger charge is -2.38. The highest BCUT2D eigenvalue weighted by atomic mass is 15.3. The number of rotatable bonds is 3. The summed E-state index contributed by atoms with van der Waals surface area (Å²) in [5.41, 5.74) is 0.345. The van der Waals surface area contributed by atoms with Crippen LogP contribution in [0, 0.1) is 5.41 Å². The quantitative estimate of drug-likeness (QED) is 0.750. The number of hydrogen-bond donors (Lipinski definition) is 1. The standard InChI is InChI=1S/C12H27N3/c1-12(2,3)11(13-4)10-15-8-6-14(5)7-9-15/h11,13H,6-10H2,1-5H3. The molecule has 1 atom stereocenters. The zero-order valence-electron chi connectivity index (χ0n) is 11.0. The number of nitrogens with one attached hydrogen (secondary N) is 1. The number of nitrogens with zero attached hydrogens (tertiary/aromatic N) is 2. The van der Waals surface area contributed by atoms with Gasteiger partial charge in [-0.2, -0.15) is 0 Å². The normalized spacial score (nSPS) is 23.0. The maximum Gasteiger partial charge on any atom is 0.0240 e. The third-order valence-corrected chi connectivity index (χ3v) is 3.43. The second kappa shape index (κ2) is 5.28. The summed E-state index contributed by atoms with van der Waals surface area (Å²) in [7, 11) is 4.28. The minimum atomic E-state index is 0.345. The van der Waals surface area contributed by atoms with Gasteiger partial charge in [-0.15, -0.1) is 0 Å². The lowest BCUT2D eigenvalue weighted by Crippen LogP contribution is -2.52. The van der Waals surface area contributed by atoms with E-state index in [0.29, 0.717) is 11.5 Å². The average molecular weight is 213 g/mol. The van der Waals surface area contributed by atoms with Crippen LogP contribution in [0.5, 0.6) is 0 Å². The molecule has 3 nitrogen and oxygen atoms in total. The minimum Gasteiger partial charge on any atom is -0.315 e. The van der Waals surface area contributed by atoms with E-state index in [-0.39, 0.29) is 0 Å². The van der Waals surface area contributed by atoms with Crippen LogP contribution in [0.4, 0.5) is 0 Å². The van der Waals surface area contributed by atoms with Gasteiger partial charge in [0.15, 0.2) is 0 Å². The minimum absolute atomic E-state index is 0.345. The summed E-state index contributed by atoms with van der Waals surface area (Å²) in [5.74, 6) is 0. The Bertz CT molecular complexity index is 178. The highest BCUT2D eigenvalue weighted by molar-refractivity contribution is 4.83. The molecule has 0 aromatic heterocycles. The van der Waals surface area contributed by atoms with Crippen molar-refractivity contribution in [2.75, 3.05) is 46.8 Å². The van der Waals surface area contributed by atoms with E-state index in [9.17, 15) is 0 Å². The third-order valence-electron chi connectivity index (χ3n) is 3.43. The van der Waals surface area contributed by atoms with E-state index in [4.69, 9.17) is 0 Å². The lowest BCUT2D eigenvalue weighted by atomic mass is 9.86. The Morgan fingerprint density at radius 1 is 1.13 bits per heavy atom. The first-order chi connectivity index (χ1) is 6.93. The molecule has 0 bridgehead atoms.